The molecule has 1 aliphatic rings. The number of fused-ring (bicyclic) bond motifs is 1. The van der Waals surface area contributed by atoms with E-state index in [1.807, 2.05) is 54.6 Å². The van der Waals surface area contributed by atoms with Crippen LogP contribution in [-0.4, -0.2) is 29.9 Å². The zero-order valence-corrected chi connectivity index (χ0v) is 12.8. The van der Waals surface area contributed by atoms with E-state index < -0.39 is 12.2 Å². The molecule has 0 radical (unpaired) electrons. The molecule has 1 amide bonds. The van der Waals surface area contributed by atoms with E-state index in [0.29, 0.717) is 6.42 Å². The van der Waals surface area contributed by atoms with Crippen LogP contribution in [0.1, 0.15) is 11.1 Å². The van der Waals surface area contributed by atoms with Crippen molar-refractivity contribution in [2.75, 3.05) is 11.4 Å². The fraction of sp³-hybridized carbons (Fsp3) is 0.278. The summed E-state index contributed by atoms with van der Waals surface area (Å²) in [6.45, 7) is 0.297. The number of carbonyl (C=O) groups is 1. The predicted octanol–water partition coefficient (Wildman–Crippen LogP) is 2.07. The van der Waals surface area contributed by atoms with Gasteiger partial charge in [0.15, 0.2) is 0 Å². The Bertz CT molecular complexity index is 675. The molecule has 1 aliphatic heterocycles. The predicted molar refractivity (Wildman–Crippen MR) is 88.1 cm³/mol. The van der Waals surface area contributed by atoms with E-state index in [0.717, 1.165) is 16.8 Å². The van der Waals surface area contributed by atoms with Crippen LogP contribution in [0, 0.1) is 0 Å². The number of para-hydroxylation sites is 1. The third-order valence-corrected chi connectivity index (χ3v) is 4.10. The molecule has 0 fully saturated rings. The molecule has 5 heteroatoms. The minimum Gasteiger partial charge on any atom is -0.444 e. The Morgan fingerprint density at radius 3 is 2.65 bits per heavy atom. The van der Waals surface area contributed by atoms with Crippen LogP contribution in [0.3, 0.4) is 0 Å². The number of hydrogen-bond acceptors (Lipinski definition) is 4. The van der Waals surface area contributed by atoms with Crippen LogP contribution < -0.4 is 10.6 Å². The van der Waals surface area contributed by atoms with Crippen molar-refractivity contribution in [1.29, 1.82) is 0 Å². The SMILES string of the molecule is NC[C@H](O)[C@@H]1Cc2ccccc2N1C(=O)OCc1ccccc1. The molecule has 1 heterocycles. The Morgan fingerprint density at radius 2 is 1.91 bits per heavy atom. The maximum Gasteiger partial charge on any atom is 0.414 e. The second kappa shape index (κ2) is 6.81. The third kappa shape index (κ3) is 3.21. The minimum absolute atomic E-state index is 0.0983. The van der Waals surface area contributed by atoms with E-state index in [4.69, 9.17) is 10.5 Å². The Hall–Kier alpha value is -2.37. The summed E-state index contributed by atoms with van der Waals surface area (Å²) in [4.78, 5) is 14.1. The van der Waals surface area contributed by atoms with Gasteiger partial charge in [0.1, 0.15) is 6.61 Å². The number of amides is 1. The highest BCUT2D eigenvalue weighted by Gasteiger charge is 2.38. The molecule has 3 N–H and O–H groups in total. The molecule has 3 rings (SSSR count). The van der Waals surface area contributed by atoms with Crippen LogP contribution in [0.2, 0.25) is 0 Å². The van der Waals surface area contributed by atoms with Gasteiger partial charge in [-0.2, -0.15) is 0 Å². The summed E-state index contributed by atoms with van der Waals surface area (Å²) < 4.78 is 5.43. The maximum atomic E-state index is 12.6. The summed E-state index contributed by atoms with van der Waals surface area (Å²) in [6, 6.07) is 16.7. The zero-order chi connectivity index (χ0) is 16.2. The molecule has 5 nitrogen and oxygen atoms in total. The summed E-state index contributed by atoms with van der Waals surface area (Å²) >= 11 is 0. The average molecular weight is 312 g/mol. The first-order valence-electron chi connectivity index (χ1n) is 7.66. The molecule has 0 bridgehead atoms. The van der Waals surface area contributed by atoms with Crippen LogP contribution >= 0.6 is 0 Å². The Morgan fingerprint density at radius 1 is 1.22 bits per heavy atom. The molecule has 2 atom stereocenters. The molecule has 2 aromatic rings. The van der Waals surface area contributed by atoms with Gasteiger partial charge in [-0.05, 0) is 23.6 Å². The standard InChI is InChI=1S/C18H20N2O3/c19-11-17(21)16-10-14-8-4-5-9-15(14)20(16)18(22)23-12-13-6-2-1-3-7-13/h1-9,16-17,21H,10-12,19H2/t16-,17-/m0/s1. The number of aliphatic hydroxyl groups is 1. The first-order chi connectivity index (χ1) is 11.2. The van der Waals surface area contributed by atoms with E-state index in [1.165, 1.54) is 4.90 Å². The summed E-state index contributed by atoms with van der Waals surface area (Å²) in [7, 11) is 0. The monoisotopic (exact) mass is 312 g/mol. The molecule has 23 heavy (non-hydrogen) atoms. The van der Waals surface area contributed by atoms with E-state index in [1.54, 1.807) is 0 Å². The number of nitrogens with two attached hydrogens (primary N) is 1. The highest BCUT2D eigenvalue weighted by atomic mass is 16.6. The average Bonchev–Trinajstić information content (AvgIpc) is 2.99. The summed E-state index contributed by atoms with van der Waals surface area (Å²) in [5.74, 6) is 0. The molecule has 0 spiro atoms. The van der Waals surface area contributed by atoms with Crippen molar-refractivity contribution >= 4 is 11.8 Å². The third-order valence-electron chi connectivity index (χ3n) is 4.10. The topological polar surface area (TPSA) is 75.8 Å². The maximum absolute atomic E-state index is 12.6. The Balaban J connectivity index is 1.78. The molecular formula is C18H20N2O3. The number of benzene rings is 2. The van der Waals surface area contributed by atoms with Crippen molar-refractivity contribution in [2.45, 2.75) is 25.2 Å². The molecule has 0 saturated carbocycles. The van der Waals surface area contributed by atoms with Gasteiger partial charge in [0.05, 0.1) is 17.8 Å². The van der Waals surface area contributed by atoms with Crippen molar-refractivity contribution in [3.8, 4) is 0 Å². The van der Waals surface area contributed by atoms with E-state index in [-0.39, 0.29) is 19.2 Å². The fourth-order valence-corrected chi connectivity index (χ4v) is 2.90. The first-order valence-corrected chi connectivity index (χ1v) is 7.66. The lowest BCUT2D eigenvalue weighted by Gasteiger charge is -2.27. The number of rotatable bonds is 4. The number of hydrogen-bond donors (Lipinski definition) is 2. The van der Waals surface area contributed by atoms with Gasteiger partial charge in [0.2, 0.25) is 0 Å². The van der Waals surface area contributed by atoms with Gasteiger partial charge in [-0.3, -0.25) is 4.90 Å². The van der Waals surface area contributed by atoms with Crippen molar-refractivity contribution in [1.82, 2.24) is 0 Å². The second-order valence-corrected chi connectivity index (χ2v) is 5.61. The van der Waals surface area contributed by atoms with Crippen LogP contribution in [0.4, 0.5) is 10.5 Å². The first kappa shape index (κ1) is 15.5. The van der Waals surface area contributed by atoms with Crippen molar-refractivity contribution in [3.05, 3.63) is 65.7 Å². The van der Waals surface area contributed by atoms with Crippen molar-refractivity contribution in [2.24, 2.45) is 5.73 Å². The smallest absolute Gasteiger partial charge is 0.414 e. The van der Waals surface area contributed by atoms with Gasteiger partial charge in [-0.15, -0.1) is 0 Å². The van der Waals surface area contributed by atoms with E-state index in [9.17, 15) is 9.90 Å². The lowest BCUT2D eigenvalue weighted by molar-refractivity contribution is 0.123. The normalized spacial score (nSPS) is 17.7. The summed E-state index contributed by atoms with van der Waals surface area (Å²) in [5.41, 5.74) is 8.30. The van der Waals surface area contributed by atoms with E-state index in [2.05, 4.69) is 0 Å². The highest BCUT2D eigenvalue weighted by molar-refractivity contribution is 5.91. The molecule has 0 aromatic heterocycles. The zero-order valence-electron chi connectivity index (χ0n) is 12.8. The highest BCUT2D eigenvalue weighted by Crippen LogP contribution is 2.34. The van der Waals surface area contributed by atoms with Gasteiger partial charge in [0.25, 0.3) is 0 Å². The van der Waals surface area contributed by atoms with Gasteiger partial charge in [-0.25, -0.2) is 4.79 Å². The minimum atomic E-state index is -0.785. The molecule has 0 unspecified atom stereocenters. The van der Waals surface area contributed by atoms with Gasteiger partial charge >= 0.3 is 6.09 Å². The van der Waals surface area contributed by atoms with Crippen LogP contribution in [-0.2, 0) is 17.8 Å². The largest absolute Gasteiger partial charge is 0.444 e. The molecule has 120 valence electrons. The second-order valence-electron chi connectivity index (χ2n) is 5.61. The molecular weight excluding hydrogens is 292 g/mol. The number of carbonyl (C=O) groups excluding carboxylic acids is 1. The number of ether oxygens (including phenoxy) is 1. The van der Waals surface area contributed by atoms with Gasteiger partial charge in [0, 0.05) is 6.54 Å². The summed E-state index contributed by atoms with van der Waals surface area (Å²) in [6.07, 6.45) is -0.669. The Kier molecular flexibility index (Phi) is 4.60. The van der Waals surface area contributed by atoms with E-state index >= 15 is 0 Å². The van der Waals surface area contributed by atoms with Gasteiger partial charge < -0.3 is 15.6 Å². The molecule has 2 aromatic carbocycles. The van der Waals surface area contributed by atoms with Gasteiger partial charge in [-0.1, -0.05) is 48.5 Å². The van der Waals surface area contributed by atoms with Crippen LogP contribution in [0.5, 0.6) is 0 Å². The van der Waals surface area contributed by atoms with Crippen LogP contribution in [0.25, 0.3) is 0 Å². The number of aliphatic hydroxyl groups excluding tert-OH is 1. The van der Waals surface area contributed by atoms with Crippen molar-refractivity contribution in [3.63, 3.8) is 0 Å². The Labute approximate surface area is 135 Å². The number of nitrogens with zero attached hydrogens (tertiary/aromatic N) is 1. The fourth-order valence-electron chi connectivity index (χ4n) is 2.90. The lowest BCUT2D eigenvalue weighted by Crippen LogP contribution is -2.48. The molecule has 0 saturated heterocycles. The lowest BCUT2D eigenvalue weighted by atomic mass is 10.1. The van der Waals surface area contributed by atoms with Crippen LogP contribution in [0.15, 0.2) is 54.6 Å². The van der Waals surface area contributed by atoms with Crippen molar-refractivity contribution < 1.29 is 14.6 Å². The molecule has 0 aliphatic carbocycles. The quantitative estimate of drug-likeness (QED) is 0.906. The number of anilines is 1. The summed E-state index contributed by atoms with van der Waals surface area (Å²) in [5, 5.41) is 10.2.